The molecule has 0 N–H and O–H groups in total. The second kappa shape index (κ2) is 4.26. The van der Waals surface area contributed by atoms with Crippen molar-refractivity contribution in [3.05, 3.63) is 44.2 Å². The molecular formula is C10H10N4O5. The van der Waals surface area contributed by atoms with Crippen molar-refractivity contribution in [3.63, 3.8) is 0 Å². The molecule has 0 saturated carbocycles. The second-order valence-corrected chi connectivity index (χ2v) is 4.22. The maximum Gasteiger partial charge on any atom is 0.483 e. The molecule has 0 radical (unpaired) electrons. The average molecular weight is 266 g/mol. The molecule has 2 rings (SSSR count). The van der Waals surface area contributed by atoms with Crippen molar-refractivity contribution in [1.29, 1.82) is 0 Å². The van der Waals surface area contributed by atoms with Gasteiger partial charge in [-0.25, -0.2) is 5.01 Å². The molecule has 9 nitrogen and oxygen atoms in total. The van der Waals surface area contributed by atoms with Crippen molar-refractivity contribution in [2.45, 2.75) is 19.0 Å². The minimum atomic E-state index is -2.39. The lowest BCUT2D eigenvalue weighted by atomic mass is 9.89. The number of nitrogens with zero attached hydrogens (tertiary/aromatic N) is 4. The number of rotatable bonds is 3. The first-order chi connectivity index (χ1) is 8.89. The van der Waals surface area contributed by atoms with Crippen LogP contribution in [0.1, 0.15) is 13.3 Å². The summed E-state index contributed by atoms with van der Waals surface area (Å²) in [7, 11) is 0. The van der Waals surface area contributed by atoms with Gasteiger partial charge in [-0.3, -0.25) is 25.0 Å². The number of hydrogen-bond donors (Lipinski definition) is 0. The van der Waals surface area contributed by atoms with Crippen LogP contribution in [-0.4, -0.2) is 32.6 Å². The Morgan fingerprint density at radius 2 is 2.05 bits per heavy atom. The Hall–Kier alpha value is -2.58. The highest BCUT2D eigenvalue weighted by Gasteiger charge is 2.59. The SMILES string of the molecule is CC1C=C(N2N=CCC2=O)C=CC1([N+](=O)[O-])[N+](=O)[O-]. The van der Waals surface area contributed by atoms with E-state index in [-0.39, 0.29) is 12.3 Å². The Balaban J connectivity index is 2.36. The van der Waals surface area contributed by atoms with Gasteiger partial charge >= 0.3 is 5.66 Å². The molecule has 0 bridgehead atoms. The maximum absolute atomic E-state index is 11.5. The quantitative estimate of drug-likeness (QED) is 0.419. The van der Waals surface area contributed by atoms with E-state index in [1.165, 1.54) is 25.3 Å². The lowest BCUT2D eigenvalue weighted by Gasteiger charge is -2.24. The van der Waals surface area contributed by atoms with Crippen molar-refractivity contribution in [2.75, 3.05) is 0 Å². The molecule has 1 aliphatic carbocycles. The van der Waals surface area contributed by atoms with Crippen LogP contribution in [-0.2, 0) is 4.79 Å². The second-order valence-electron chi connectivity index (χ2n) is 4.22. The molecule has 0 aromatic heterocycles. The fraction of sp³-hybridized carbons (Fsp3) is 0.400. The van der Waals surface area contributed by atoms with E-state index in [0.717, 1.165) is 11.1 Å². The van der Waals surface area contributed by atoms with Gasteiger partial charge in [0.1, 0.15) is 15.8 Å². The molecule has 0 fully saturated rings. The van der Waals surface area contributed by atoms with E-state index in [0.29, 0.717) is 5.70 Å². The van der Waals surface area contributed by atoms with Crippen molar-refractivity contribution in [1.82, 2.24) is 5.01 Å². The van der Waals surface area contributed by atoms with Gasteiger partial charge in [0.2, 0.25) is 0 Å². The number of carbonyl (C=O) groups is 1. The Morgan fingerprint density at radius 1 is 1.42 bits per heavy atom. The van der Waals surface area contributed by atoms with Gasteiger partial charge in [0.05, 0.1) is 18.2 Å². The maximum atomic E-state index is 11.5. The summed E-state index contributed by atoms with van der Waals surface area (Å²) in [6.07, 6.45) is 4.95. The first kappa shape index (κ1) is 12.9. The summed E-state index contributed by atoms with van der Waals surface area (Å²) < 4.78 is 0. The molecule has 1 atom stereocenters. The molecule has 0 spiro atoms. The zero-order valence-electron chi connectivity index (χ0n) is 9.92. The first-order valence-electron chi connectivity index (χ1n) is 5.45. The van der Waals surface area contributed by atoms with E-state index >= 15 is 0 Å². The molecule has 100 valence electrons. The van der Waals surface area contributed by atoms with Crippen LogP contribution in [0.5, 0.6) is 0 Å². The van der Waals surface area contributed by atoms with Crippen molar-refractivity contribution in [2.24, 2.45) is 11.0 Å². The van der Waals surface area contributed by atoms with Crippen LogP contribution in [0.2, 0.25) is 0 Å². The fourth-order valence-corrected chi connectivity index (χ4v) is 2.02. The highest BCUT2D eigenvalue weighted by Crippen LogP contribution is 2.32. The van der Waals surface area contributed by atoms with E-state index in [2.05, 4.69) is 5.10 Å². The van der Waals surface area contributed by atoms with E-state index in [1.807, 2.05) is 0 Å². The minimum absolute atomic E-state index is 0.148. The first-order valence-corrected chi connectivity index (χ1v) is 5.45. The average Bonchev–Trinajstić information content (AvgIpc) is 2.74. The van der Waals surface area contributed by atoms with Gasteiger partial charge in [-0.05, 0) is 19.1 Å². The largest absolute Gasteiger partial charge is 0.483 e. The van der Waals surface area contributed by atoms with E-state index in [9.17, 15) is 25.0 Å². The van der Waals surface area contributed by atoms with E-state index in [1.54, 1.807) is 0 Å². The number of hydrogen-bond acceptors (Lipinski definition) is 6. The minimum Gasteiger partial charge on any atom is -0.272 e. The Bertz CT molecular complexity index is 536. The third kappa shape index (κ3) is 1.79. The predicted octanol–water partition coefficient (Wildman–Crippen LogP) is 0.544. The number of carbonyl (C=O) groups excluding carboxylic acids is 1. The third-order valence-corrected chi connectivity index (χ3v) is 3.12. The van der Waals surface area contributed by atoms with Gasteiger partial charge < -0.3 is 0 Å². The monoisotopic (exact) mass is 266 g/mol. The van der Waals surface area contributed by atoms with Crippen molar-refractivity contribution < 1.29 is 14.6 Å². The normalized spacial score (nSPS) is 24.5. The van der Waals surface area contributed by atoms with Gasteiger partial charge in [0, 0.05) is 6.21 Å². The van der Waals surface area contributed by atoms with E-state index in [4.69, 9.17) is 0 Å². The van der Waals surface area contributed by atoms with Crippen molar-refractivity contribution in [3.8, 4) is 0 Å². The molecule has 0 saturated heterocycles. The molecule has 19 heavy (non-hydrogen) atoms. The zero-order valence-corrected chi connectivity index (χ0v) is 9.92. The fourth-order valence-electron chi connectivity index (χ4n) is 2.02. The predicted molar refractivity (Wildman–Crippen MR) is 63.1 cm³/mol. The molecular weight excluding hydrogens is 256 g/mol. The number of nitro groups is 2. The molecule has 2 aliphatic rings. The standard InChI is InChI=1S/C10H10N4O5/c1-7-6-8(12-9(15)3-5-11-12)2-4-10(7,13(16)17)14(18)19/h2,4-7H,3H2,1H3. The molecule has 1 unspecified atom stereocenters. The topological polar surface area (TPSA) is 119 Å². The molecule has 9 heteroatoms. The van der Waals surface area contributed by atoms with Crippen LogP contribution in [0, 0.1) is 26.1 Å². The van der Waals surface area contributed by atoms with Crippen LogP contribution < -0.4 is 0 Å². The summed E-state index contributed by atoms with van der Waals surface area (Å²) in [4.78, 5) is 31.6. The van der Waals surface area contributed by atoms with Crippen LogP contribution in [0.15, 0.2) is 29.0 Å². The summed E-state index contributed by atoms with van der Waals surface area (Å²) in [5, 5.41) is 26.9. The van der Waals surface area contributed by atoms with Gasteiger partial charge in [0.25, 0.3) is 5.91 Å². The molecule has 0 aromatic carbocycles. The zero-order chi connectivity index (χ0) is 14.2. The van der Waals surface area contributed by atoms with Gasteiger partial charge in [-0.2, -0.15) is 5.10 Å². The number of allylic oxidation sites excluding steroid dienone is 1. The van der Waals surface area contributed by atoms with Gasteiger partial charge in [-0.1, -0.05) is 0 Å². The van der Waals surface area contributed by atoms with Gasteiger partial charge in [0.15, 0.2) is 0 Å². The van der Waals surface area contributed by atoms with Crippen LogP contribution in [0.4, 0.5) is 0 Å². The molecule has 0 aromatic rings. The molecule has 1 aliphatic heterocycles. The number of amides is 1. The highest BCUT2D eigenvalue weighted by atomic mass is 16.7. The van der Waals surface area contributed by atoms with Crippen LogP contribution in [0.25, 0.3) is 0 Å². The lowest BCUT2D eigenvalue weighted by Crippen LogP contribution is -2.50. The third-order valence-electron chi connectivity index (χ3n) is 3.12. The molecule has 1 amide bonds. The highest BCUT2D eigenvalue weighted by molar-refractivity contribution is 5.95. The Kier molecular flexibility index (Phi) is 2.89. The van der Waals surface area contributed by atoms with E-state index < -0.39 is 21.4 Å². The summed E-state index contributed by atoms with van der Waals surface area (Å²) in [6, 6.07) is 0. The number of hydrazone groups is 1. The Morgan fingerprint density at radius 3 is 2.47 bits per heavy atom. The lowest BCUT2D eigenvalue weighted by molar-refractivity contribution is -0.788. The smallest absolute Gasteiger partial charge is 0.272 e. The summed E-state index contributed by atoms with van der Waals surface area (Å²) in [6.45, 7) is 1.36. The van der Waals surface area contributed by atoms with Crippen LogP contribution in [0.3, 0.4) is 0 Å². The summed E-state index contributed by atoms with van der Waals surface area (Å²) in [5.74, 6) is -1.28. The van der Waals surface area contributed by atoms with Crippen LogP contribution >= 0.6 is 0 Å². The van der Waals surface area contributed by atoms with Crippen molar-refractivity contribution >= 4 is 12.1 Å². The summed E-state index contributed by atoms with van der Waals surface area (Å²) >= 11 is 0. The summed E-state index contributed by atoms with van der Waals surface area (Å²) in [5.41, 5.74) is -2.08. The van der Waals surface area contributed by atoms with Gasteiger partial charge in [-0.15, -0.1) is 0 Å². The Labute approximate surface area is 107 Å². The molecule has 1 heterocycles.